The van der Waals surface area contributed by atoms with Crippen molar-refractivity contribution < 1.29 is 10.2 Å². The van der Waals surface area contributed by atoms with Crippen LogP contribution in [0.15, 0.2) is 101 Å². The molecule has 1 aliphatic heterocycles. The third-order valence-corrected chi connectivity index (χ3v) is 8.02. The number of hydrogen-bond acceptors (Lipinski definition) is 7. The van der Waals surface area contributed by atoms with Crippen LogP contribution < -0.4 is 21.3 Å². The molecule has 6 aromatic rings. The lowest BCUT2D eigenvalue weighted by Crippen LogP contribution is -2.60. The van der Waals surface area contributed by atoms with Gasteiger partial charge >= 0.3 is 0 Å². The zero-order valence-electron chi connectivity index (χ0n) is 23.7. The molecule has 216 valence electrons. The van der Waals surface area contributed by atoms with Gasteiger partial charge in [0.25, 0.3) is 11.1 Å². The van der Waals surface area contributed by atoms with Gasteiger partial charge in [0, 0.05) is 66.6 Å². The fourth-order valence-corrected chi connectivity index (χ4v) is 5.89. The Morgan fingerprint density at radius 3 is 2.44 bits per heavy atom. The number of fused-ring (bicyclic) bond motifs is 3. The molecule has 3 aromatic heterocycles. The Hall–Kier alpha value is -5.19. The molecule has 0 bridgehead atoms. The first-order valence-corrected chi connectivity index (χ1v) is 14.0. The van der Waals surface area contributed by atoms with E-state index in [0.29, 0.717) is 46.8 Å². The number of hydrogen-bond donors (Lipinski definition) is 3. The van der Waals surface area contributed by atoms with Crippen LogP contribution in [0.1, 0.15) is 12.5 Å². The van der Waals surface area contributed by atoms with E-state index in [1.165, 1.54) is 9.13 Å². The van der Waals surface area contributed by atoms with E-state index in [9.17, 15) is 19.8 Å². The highest BCUT2D eigenvalue weighted by Crippen LogP contribution is 2.30. The van der Waals surface area contributed by atoms with Crippen molar-refractivity contribution in [1.29, 1.82) is 0 Å². The summed E-state index contributed by atoms with van der Waals surface area (Å²) < 4.78 is 4.84. The third-order valence-electron chi connectivity index (χ3n) is 8.02. The molecule has 4 heterocycles. The molecule has 10 nitrogen and oxygen atoms in total. The van der Waals surface area contributed by atoms with E-state index in [-0.39, 0.29) is 23.5 Å². The second-order valence-corrected chi connectivity index (χ2v) is 11.3. The number of nitrogens with zero attached hydrogens (tertiary/aromatic N) is 5. The van der Waals surface area contributed by atoms with Crippen molar-refractivity contribution in [2.75, 3.05) is 23.3 Å². The maximum absolute atomic E-state index is 13.7. The van der Waals surface area contributed by atoms with Crippen LogP contribution in [0.5, 0.6) is 0 Å². The molecular weight excluding hydrogens is 544 g/mol. The van der Waals surface area contributed by atoms with E-state index < -0.39 is 5.60 Å². The number of aryl methyl sites for hydroxylation is 1. The van der Waals surface area contributed by atoms with Crippen LogP contribution in [0.25, 0.3) is 33.4 Å². The normalized spacial score (nSPS) is 14.3. The number of β-amino-alcohol motifs (C(OH)–C–C–N with tert-alkyl or cyclic N) is 1. The second kappa shape index (κ2) is 9.97. The molecule has 0 atom stereocenters. The summed E-state index contributed by atoms with van der Waals surface area (Å²) in [6.45, 7) is 2.61. The van der Waals surface area contributed by atoms with E-state index in [2.05, 4.69) is 15.2 Å². The lowest BCUT2D eigenvalue weighted by molar-refractivity contribution is 0.0310. The van der Waals surface area contributed by atoms with Crippen molar-refractivity contribution in [2.24, 2.45) is 7.05 Å². The van der Waals surface area contributed by atoms with E-state index in [1.54, 1.807) is 31.6 Å². The molecule has 43 heavy (non-hydrogen) atoms. The summed E-state index contributed by atoms with van der Waals surface area (Å²) in [4.78, 5) is 33.4. The number of para-hydroxylation sites is 1. The van der Waals surface area contributed by atoms with E-state index in [4.69, 9.17) is 0 Å². The van der Waals surface area contributed by atoms with Crippen LogP contribution in [0.2, 0.25) is 0 Å². The summed E-state index contributed by atoms with van der Waals surface area (Å²) in [6.07, 6.45) is 5.16. The van der Waals surface area contributed by atoms with Crippen molar-refractivity contribution in [1.82, 2.24) is 18.5 Å². The van der Waals surface area contributed by atoms with Crippen molar-refractivity contribution in [3.63, 3.8) is 0 Å². The van der Waals surface area contributed by atoms with Gasteiger partial charge in [0.05, 0.1) is 29.1 Å². The number of aliphatic hydroxyl groups is 2. The number of nitrogens with one attached hydrogen (secondary N) is 1. The van der Waals surface area contributed by atoms with Gasteiger partial charge in [-0.05, 0) is 49.4 Å². The third kappa shape index (κ3) is 4.57. The first-order chi connectivity index (χ1) is 20.7. The van der Waals surface area contributed by atoms with Gasteiger partial charge in [-0.1, -0.05) is 30.3 Å². The topological polar surface area (TPSA) is 117 Å². The number of rotatable bonds is 6. The summed E-state index contributed by atoms with van der Waals surface area (Å²) in [5.41, 5.74) is 4.05. The van der Waals surface area contributed by atoms with Gasteiger partial charge in [0.1, 0.15) is 5.52 Å². The predicted molar refractivity (Wildman–Crippen MR) is 167 cm³/mol. The van der Waals surface area contributed by atoms with Crippen LogP contribution in [-0.4, -0.2) is 47.4 Å². The summed E-state index contributed by atoms with van der Waals surface area (Å²) in [7, 11) is 1.65. The highest BCUT2D eigenvalue weighted by atomic mass is 16.3. The molecule has 0 unspecified atom stereocenters. The number of benzene rings is 3. The molecule has 1 saturated heterocycles. The Balaban J connectivity index is 1.26. The van der Waals surface area contributed by atoms with E-state index in [1.807, 2.05) is 78.2 Å². The largest absolute Gasteiger partial charge is 0.392 e. The van der Waals surface area contributed by atoms with Crippen LogP contribution >= 0.6 is 0 Å². The summed E-state index contributed by atoms with van der Waals surface area (Å²) in [5, 5.41) is 24.7. The van der Waals surface area contributed by atoms with E-state index >= 15 is 0 Å². The average molecular weight is 575 g/mol. The molecule has 0 aliphatic carbocycles. The van der Waals surface area contributed by atoms with Crippen LogP contribution in [0.4, 0.5) is 17.2 Å². The second-order valence-electron chi connectivity index (χ2n) is 11.3. The Kier molecular flexibility index (Phi) is 6.19. The Morgan fingerprint density at radius 2 is 1.70 bits per heavy atom. The number of aromatic nitrogens is 4. The molecular formula is C33H30N6O4. The van der Waals surface area contributed by atoms with Gasteiger partial charge in [0.15, 0.2) is 5.82 Å². The number of aliphatic hydroxyl groups excluding tert-OH is 1. The minimum absolute atomic E-state index is 0.132. The highest BCUT2D eigenvalue weighted by Gasteiger charge is 2.36. The van der Waals surface area contributed by atoms with Gasteiger partial charge in [-0.25, -0.2) is 4.98 Å². The molecule has 1 aliphatic rings. The molecule has 3 N–H and O–H groups in total. The summed E-state index contributed by atoms with van der Waals surface area (Å²) >= 11 is 0. The molecule has 0 radical (unpaired) electrons. The Labute approximate surface area is 246 Å². The zero-order valence-corrected chi connectivity index (χ0v) is 23.7. The molecule has 0 spiro atoms. The van der Waals surface area contributed by atoms with Gasteiger partial charge in [-0.3, -0.25) is 14.2 Å². The highest BCUT2D eigenvalue weighted by molar-refractivity contribution is 5.87. The summed E-state index contributed by atoms with van der Waals surface area (Å²) in [5.74, 6) is 0.132. The first-order valence-electron chi connectivity index (χ1n) is 14.0. The molecule has 10 heteroatoms. The summed E-state index contributed by atoms with van der Waals surface area (Å²) in [6, 6.07) is 22.7. The smallest absolute Gasteiger partial charge is 0.293 e. The molecule has 7 rings (SSSR count). The molecule has 0 saturated carbocycles. The van der Waals surface area contributed by atoms with Gasteiger partial charge < -0.3 is 29.4 Å². The van der Waals surface area contributed by atoms with Gasteiger partial charge in [-0.15, -0.1) is 0 Å². The molecule has 3 aromatic carbocycles. The molecule has 0 amide bonds. The standard InChI is InChI=1S/C33H30N6O4/c1-33(43)19-37(20-33)23-12-10-22(11-13-23)34-30-32(42)36(2)17-26(35-30)24-7-5-9-28(25(24)18-40)39-15-14-38-27-8-4-3-6-21(27)16-29(38)31(39)41/h3-17,40,43H,18-20H2,1-2H3,(H,34,35). The average Bonchev–Trinajstić information content (AvgIpc) is 3.38. The first kappa shape index (κ1) is 26.7. The van der Waals surface area contributed by atoms with Crippen molar-refractivity contribution in [3.05, 3.63) is 118 Å². The van der Waals surface area contributed by atoms with Crippen molar-refractivity contribution >= 4 is 33.6 Å². The van der Waals surface area contributed by atoms with Crippen molar-refractivity contribution in [2.45, 2.75) is 19.1 Å². The number of anilines is 3. The van der Waals surface area contributed by atoms with Crippen molar-refractivity contribution in [3.8, 4) is 16.9 Å². The Bertz CT molecular complexity index is 2130. The maximum Gasteiger partial charge on any atom is 0.293 e. The SMILES string of the molecule is Cn1cc(-c2cccc(-n3ccn4c(cc5ccccc54)c3=O)c2CO)nc(Nc2ccc(N3CC(C)(O)C3)cc2)c1=O. The van der Waals surface area contributed by atoms with Gasteiger partial charge in [0.2, 0.25) is 0 Å². The van der Waals surface area contributed by atoms with Crippen LogP contribution in [0.3, 0.4) is 0 Å². The minimum Gasteiger partial charge on any atom is -0.392 e. The fourth-order valence-electron chi connectivity index (χ4n) is 5.89. The lowest BCUT2D eigenvalue weighted by atomic mass is 9.96. The van der Waals surface area contributed by atoms with E-state index in [0.717, 1.165) is 16.6 Å². The quantitative estimate of drug-likeness (QED) is 0.277. The minimum atomic E-state index is -0.671. The monoisotopic (exact) mass is 574 g/mol. The maximum atomic E-state index is 13.7. The predicted octanol–water partition coefficient (Wildman–Crippen LogP) is 3.81. The molecule has 1 fully saturated rings. The fraction of sp³-hybridized carbons (Fsp3) is 0.182. The van der Waals surface area contributed by atoms with Crippen LogP contribution in [0, 0.1) is 0 Å². The lowest BCUT2D eigenvalue weighted by Gasteiger charge is -2.45. The zero-order chi connectivity index (χ0) is 29.9. The Morgan fingerprint density at radius 1 is 0.930 bits per heavy atom. The van der Waals surface area contributed by atoms with Crippen LogP contribution in [-0.2, 0) is 13.7 Å². The van der Waals surface area contributed by atoms with Gasteiger partial charge in [-0.2, -0.15) is 0 Å².